The maximum Gasteiger partial charge on any atom is 0.335 e. The number of carbonyl (C=O) groups excluding carboxylic acids is 1. The Morgan fingerprint density at radius 2 is 2.00 bits per heavy atom. The number of carboxylic acid groups (broad SMARTS) is 1. The molecular weight excluding hydrogens is 262 g/mol. The number of likely N-dealkylation sites (tertiary alicyclic amines) is 1. The Morgan fingerprint density at radius 1 is 1.40 bits per heavy atom. The van der Waals surface area contributed by atoms with Gasteiger partial charge in [-0.15, -0.1) is 0 Å². The molecule has 1 fully saturated rings. The summed E-state index contributed by atoms with van der Waals surface area (Å²) in [4.78, 5) is 24.7. The monoisotopic (exact) mass is 281 g/mol. The number of furan rings is 1. The number of carbonyl (C=O) groups is 2. The molecule has 1 saturated heterocycles. The Balaban J connectivity index is 2.06. The highest BCUT2D eigenvalue weighted by molar-refractivity contribution is 5.92. The van der Waals surface area contributed by atoms with Crippen LogP contribution in [0.25, 0.3) is 0 Å². The fraction of sp³-hybridized carbons (Fsp3) is 0.571. The molecule has 1 aliphatic rings. The quantitative estimate of drug-likeness (QED) is 0.868. The first-order valence-electron chi connectivity index (χ1n) is 6.71. The van der Waals surface area contributed by atoms with Crippen molar-refractivity contribution in [3.63, 3.8) is 0 Å². The maximum atomic E-state index is 12.3. The molecule has 20 heavy (non-hydrogen) atoms. The number of aliphatic carboxylic acids is 1. The molecule has 1 aliphatic heterocycles. The largest absolute Gasteiger partial charge is 0.479 e. The Kier molecular flexibility index (Phi) is 3.85. The highest BCUT2D eigenvalue weighted by Gasteiger charge is 2.40. The van der Waals surface area contributed by atoms with E-state index >= 15 is 0 Å². The van der Waals surface area contributed by atoms with Crippen molar-refractivity contribution in [3.05, 3.63) is 23.2 Å². The van der Waals surface area contributed by atoms with E-state index in [0.717, 1.165) is 17.7 Å². The molecule has 110 valence electrons. The van der Waals surface area contributed by atoms with Crippen molar-refractivity contribution in [1.29, 1.82) is 0 Å². The van der Waals surface area contributed by atoms with Crippen molar-refractivity contribution in [2.24, 2.45) is 0 Å². The number of nitrogens with zero attached hydrogens (tertiary/aromatic N) is 1. The predicted molar refractivity (Wildman–Crippen MR) is 70.5 cm³/mol. The van der Waals surface area contributed by atoms with Crippen LogP contribution in [-0.2, 0) is 11.2 Å². The fourth-order valence-electron chi connectivity index (χ4n) is 2.43. The molecule has 0 radical (unpaired) electrons. The molecule has 0 atom stereocenters. The first kappa shape index (κ1) is 14.6. The SMILES string of the molecule is CCc1oc(C(=O)N2CCC(O)(C(=O)O)CC2)cc1C. The Hall–Kier alpha value is -1.82. The van der Waals surface area contributed by atoms with Crippen LogP contribution in [0.5, 0.6) is 0 Å². The van der Waals surface area contributed by atoms with Crippen LogP contribution in [0.3, 0.4) is 0 Å². The average molecular weight is 281 g/mol. The van der Waals surface area contributed by atoms with Gasteiger partial charge in [0.1, 0.15) is 5.76 Å². The van der Waals surface area contributed by atoms with Gasteiger partial charge in [-0.1, -0.05) is 6.92 Å². The molecule has 0 bridgehead atoms. The highest BCUT2D eigenvalue weighted by Crippen LogP contribution is 2.24. The number of piperidine rings is 1. The van der Waals surface area contributed by atoms with E-state index in [1.165, 1.54) is 4.90 Å². The molecule has 0 unspecified atom stereocenters. The molecule has 1 aromatic heterocycles. The van der Waals surface area contributed by atoms with Crippen LogP contribution in [0.15, 0.2) is 10.5 Å². The van der Waals surface area contributed by atoms with Crippen LogP contribution in [0.1, 0.15) is 41.6 Å². The number of aliphatic hydroxyl groups is 1. The predicted octanol–water partition coefficient (Wildman–Crippen LogP) is 1.20. The van der Waals surface area contributed by atoms with Gasteiger partial charge in [-0.25, -0.2) is 4.79 Å². The van der Waals surface area contributed by atoms with Crippen LogP contribution in [0, 0.1) is 6.92 Å². The lowest BCUT2D eigenvalue weighted by atomic mass is 9.91. The minimum absolute atomic E-state index is 0.0361. The molecule has 1 amide bonds. The number of hydrogen-bond acceptors (Lipinski definition) is 4. The molecule has 6 heteroatoms. The van der Waals surface area contributed by atoms with Gasteiger partial charge >= 0.3 is 5.97 Å². The van der Waals surface area contributed by atoms with Gasteiger partial charge < -0.3 is 19.5 Å². The second-order valence-electron chi connectivity index (χ2n) is 5.20. The molecular formula is C14H19NO5. The second kappa shape index (κ2) is 5.28. The maximum absolute atomic E-state index is 12.3. The van der Waals surface area contributed by atoms with Gasteiger partial charge in [-0.05, 0) is 18.6 Å². The summed E-state index contributed by atoms with van der Waals surface area (Å²) in [6, 6.07) is 1.71. The molecule has 2 N–H and O–H groups in total. The molecule has 6 nitrogen and oxygen atoms in total. The van der Waals surface area contributed by atoms with E-state index in [0.29, 0.717) is 0 Å². The van der Waals surface area contributed by atoms with E-state index in [2.05, 4.69) is 0 Å². The molecule has 2 heterocycles. The summed E-state index contributed by atoms with van der Waals surface area (Å²) in [7, 11) is 0. The van der Waals surface area contributed by atoms with Gasteiger partial charge in [-0.2, -0.15) is 0 Å². The number of rotatable bonds is 3. The highest BCUT2D eigenvalue weighted by atomic mass is 16.4. The third-order valence-corrected chi connectivity index (χ3v) is 3.83. The van der Waals surface area contributed by atoms with Gasteiger partial charge in [0.05, 0.1) is 0 Å². The molecule has 0 aromatic carbocycles. The fourth-order valence-corrected chi connectivity index (χ4v) is 2.43. The lowest BCUT2D eigenvalue weighted by Crippen LogP contribution is -2.50. The summed E-state index contributed by atoms with van der Waals surface area (Å²) in [5.41, 5.74) is -0.778. The van der Waals surface area contributed by atoms with Gasteiger partial charge in [0.15, 0.2) is 11.4 Å². The van der Waals surface area contributed by atoms with E-state index in [1.54, 1.807) is 6.07 Å². The van der Waals surface area contributed by atoms with Crippen LogP contribution in [-0.4, -0.2) is 45.7 Å². The summed E-state index contributed by atoms with van der Waals surface area (Å²) in [6.07, 6.45) is 0.792. The second-order valence-corrected chi connectivity index (χ2v) is 5.20. The Morgan fingerprint density at radius 3 is 2.45 bits per heavy atom. The number of hydrogen-bond donors (Lipinski definition) is 2. The summed E-state index contributed by atoms with van der Waals surface area (Å²) in [6.45, 7) is 4.26. The van der Waals surface area contributed by atoms with Crippen molar-refractivity contribution in [2.45, 2.75) is 38.7 Å². The molecule has 2 rings (SSSR count). The van der Waals surface area contributed by atoms with Crippen LogP contribution in [0.4, 0.5) is 0 Å². The topological polar surface area (TPSA) is 91.0 Å². The molecule has 1 aromatic rings. The minimum Gasteiger partial charge on any atom is -0.479 e. The summed E-state index contributed by atoms with van der Waals surface area (Å²) in [5.74, 6) is -0.417. The molecule has 0 saturated carbocycles. The van der Waals surface area contributed by atoms with Crippen molar-refractivity contribution in [3.8, 4) is 0 Å². The standard InChI is InChI=1S/C14H19NO5/c1-3-10-9(2)8-11(20-10)12(16)15-6-4-14(19,5-7-15)13(17)18/h8,19H,3-7H2,1-2H3,(H,17,18). The summed E-state index contributed by atoms with van der Waals surface area (Å²) < 4.78 is 5.51. The van der Waals surface area contributed by atoms with Gasteiger partial charge in [0.2, 0.25) is 0 Å². The van der Waals surface area contributed by atoms with E-state index < -0.39 is 11.6 Å². The van der Waals surface area contributed by atoms with Crippen molar-refractivity contribution in [1.82, 2.24) is 4.90 Å². The van der Waals surface area contributed by atoms with Gasteiger partial charge in [0, 0.05) is 32.4 Å². The average Bonchev–Trinajstić information content (AvgIpc) is 2.80. The zero-order valence-corrected chi connectivity index (χ0v) is 11.7. The minimum atomic E-state index is -1.72. The van der Waals surface area contributed by atoms with Crippen LogP contribution in [0.2, 0.25) is 0 Å². The van der Waals surface area contributed by atoms with Gasteiger partial charge in [-0.3, -0.25) is 4.79 Å². The third-order valence-electron chi connectivity index (χ3n) is 3.83. The third kappa shape index (κ3) is 2.56. The Bertz CT molecular complexity index is 526. The first-order valence-corrected chi connectivity index (χ1v) is 6.71. The lowest BCUT2D eigenvalue weighted by Gasteiger charge is -2.34. The number of carboxylic acids is 1. The van der Waals surface area contributed by atoms with Crippen LogP contribution < -0.4 is 0 Å². The Labute approximate surface area is 117 Å². The summed E-state index contributed by atoms with van der Waals surface area (Å²) >= 11 is 0. The zero-order valence-electron chi connectivity index (χ0n) is 11.7. The van der Waals surface area contributed by atoms with Crippen molar-refractivity contribution >= 4 is 11.9 Å². The summed E-state index contributed by atoms with van der Waals surface area (Å²) in [5, 5.41) is 18.8. The van der Waals surface area contributed by atoms with Crippen LogP contribution >= 0.6 is 0 Å². The van der Waals surface area contributed by atoms with E-state index in [1.807, 2.05) is 13.8 Å². The van der Waals surface area contributed by atoms with Crippen molar-refractivity contribution in [2.75, 3.05) is 13.1 Å². The van der Waals surface area contributed by atoms with E-state index in [-0.39, 0.29) is 37.6 Å². The molecule has 0 aliphatic carbocycles. The van der Waals surface area contributed by atoms with E-state index in [4.69, 9.17) is 9.52 Å². The molecule has 0 spiro atoms. The number of aryl methyl sites for hydroxylation is 2. The number of amides is 1. The smallest absolute Gasteiger partial charge is 0.335 e. The van der Waals surface area contributed by atoms with Crippen molar-refractivity contribution < 1.29 is 24.2 Å². The zero-order chi connectivity index (χ0) is 14.9. The normalized spacial score (nSPS) is 18.1. The van der Waals surface area contributed by atoms with E-state index in [9.17, 15) is 14.7 Å². The first-order chi connectivity index (χ1) is 9.37. The lowest BCUT2D eigenvalue weighted by molar-refractivity contribution is -0.162. The van der Waals surface area contributed by atoms with Gasteiger partial charge in [0.25, 0.3) is 5.91 Å².